The first kappa shape index (κ1) is 22.8. The first-order valence-corrected chi connectivity index (χ1v) is 8.76. The molecule has 160 valence electrons. The standard InChI is InChI=1S/C16H30O11/c1-16(2,3)27-15-12(23)10(21)13(7(5-18)25-15)26-14-11(22)9(20)8(19)6(4-17)24-14/h6-15,17-23H,4-5H2,1-3H3/t6?,7?,8-,9+,10-,11?,12?,13-,14+,15+/m1/s1. The van der Waals surface area contributed by atoms with Crippen LogP contribution < -0.4 is 0 Å². The third-order valence-corrected chi connectivity index (χ3v) is 4.43. The molecular formula is C16H30O11. The Morgan fingerprint density at radius 1 is 0.704 bits per heavy atom. The molecule has 0 aromatic rings. The minimum atomic E-state index is -1.70. The number of aliphatic hydroxyl groups excluding tert-OH is 7. The molecule has 0 amide bonds. The maximum absolute atomic E-state index is 10.4. The van der Waals surface area contributed by atoms with Gasteiger partial charge in [-0.15, -0.1) is 0 Å². The molecular weight excluding hydrogens is 368 g/mol. The van der Waals surface area contributed by atoms with Crippen molar-refractivity contribution in [2.24, 2.45) is 0 Å². The Bertz CT molecular complexity index is 466. The van der Waals surface area contributed by atoms with E-state index in [9.17, 15) is 35.7 Å². The Balaban J connectivity index is 2.12. The summed E-state index contributed by atoms with van der Waals surface area (Å²) >= 11 is 0. The zero-order chi connectivity index (χ0) is 20.5. The Morgan fingerprint density at radius 2 is 1.22 bits per heavy atom. The highest BCUT2D eigenvalue weighted by atomic mass is 16.7. The van der Waals surface area contributed by atoms with Crippen LogP contribution in [-0.2, 0) is 18.9 Å². The Labute approximate surface area is 156 Å². The van der Waals surface area contributed by atoms with Gasteiger partial charge in [0.05, 0.1) is 18.8 Å². The van der Waals surface area contributed by atoms with Crippen LogP contribution in [0.4, 0.5) is 0 Å². The van der Waals surface area contributed by atoms with Gasteiger partial charge in [0, 0.05) is 0 Å². The van der Waals surface area contributed by atoms with Crippen molar-refractivity contribution in [2.45, 2.75) is 87.8 Å². The van der Waals surface area contributed by atoms with Crippen molar-refractivity contribution in [3.05, 3.63) is 0 Å². The monoisotopic (exact) mass is 398 g/mol. The molecule has 0 saturated carbocycles. The van der Waals surface area contributed by atoms with Crippen molar-refractivity contribution >= 4 is 0 Å². The second kappa shape index (κ2) is 8.93. The third-order valence-electron chi connectivity index (χ3n) is 4.43. The summed E-state index contributed by atoms with van der Waals surface area (Å²) in [6, 6.07) is 0. The molecule has 2 saturated heterocycles. The van der Waals surface area contributed by atoms with Gasteiger partial charge in [-0.05, 0) is 20.8 Å². The predicted octanol–water partition coefficient (Wildman–Crippen LogP) is -3.57. The summed E-state index contributed by atoms with van der Waals surface area (Å²) in [5.74, 6) is 0. The van der Waals surface area contributed by atoms with Gasteiger partial charge < -0.3 is 54.7 Å². The van der Waals surface area contributed by atoms with E-state index in [1.54, 1.807) is 20.8 Å². The lowest BCUT2D eigenvalue weighted by molar-refractivity contribution is -0.366. The largest absolute Gasteiger partial charge is 0.394 e. The van der Waals surface area contributed by atoms with Crippen LogP contribution >= 0.6 is 0 Å². The average molecular weight is 398 g/mol. The lowest BCUT2D eigenvalue weighted by Gasteiger charge is -2.46. The fourth-order valence-electron chi connectivity index (χ4n) is 3.00. The van der Waals surface area contributed by atoms with Gasteiger partial charge in [-0.1, -0.05) is 0 Å². The molecule has 0 aromatic carbocycles. The van der Waals surface area contributed by atoms with Crippen LogP contribution in [0.15, 0.2) is 0 Å². The van der Waals surface area contributed by atoms with E-state index in [-0.39, 0.29) is 0 Å². The van der Waals surface area contributed by atoms with E-state index in [1.165, 1.54) is 0 Å². The van der Waals surface area contributed by atoms with Crippen molar-refractivity contribution in [3.8, 4) is 0 Å². The number of ether oxygens (including phenoxy) is 4. The molecule has 27 heavy (non-hydrogen) atoms. The highest BCUT2D eigenvalue weighted by molar-refractivity contribution is 4.94. The van der Waals surface area contributed by atoms with Crippen LogP contribution in [0, 0.1) is 0 Å². The quantitative estimate of drug-likeness (QED) is 0.243. The SMILES string of the molecule is CC(C)(C)O[C@@H]1OC(CO)[C@@H](O[C@@H]2OC(CO)[C@@H](O)[C@H](O)C2O)[C@H](O)C1O. The van der Waals surface area contributed by atoms with Crippen molar-refractivity contribution in [1.29, 1.82) is 0 Å². The minimum Gasteiger partial charge on any atom is -0.394 e. The maximum Gasteiger partial charge on any atom is 0.187 e. The molecule has 2 aliphatic heterocycles. The fourth-order valence-corrected chi connectivity index (χ4v) is 3.00. The summed E-state index contributed by atoms with van der Waals surface area (Å²) < 4.78 is 21.7. The van der Waals surface area contributed by atoms with Crippen molar-refractivity contribution in [3.63, 3.8) is 0 Å². The van der Waals surface area contributed by atoms with E-state index in [0.717, 1.165) is 0 Å². The molecule has 0 radical (unpaired) electrons. The van der Waals surface area contributed by atoms with E-state index in [2.05, 4.69) is 0 Å². The van der Waals surface area contributed by atoms with E-state index in [0.29, 0.717) is 0 Å². The first-order valence-electron chi connectivity index (χ1n) is 8.76. The summed E-state index contributed by atoms with van der Waals surface area (Å²) in [7, 11) is 0. The molecule has 0 spiro atoms. The van der Waals surface area contributed by atoms with Gasteiger partial charge >= 0.3 is 0 Å². The van der Waals surface area contributed by atoms with Gasteiger partial charge in [-0.2, -0.15) is 0 Å². The fraction of sp³-hybridized carbons (Fsp3) is 1.00. The molecule has 2 fully saturated rings. The van der Waals surface area contributed by atoms with Crippen LogP contribution in [0.2, 0.25) is 0 Å². The van der Waals surface area contributed by atoms with Crippen LogP contribution in [0.25, 0.3) is 0 Å². The topological polar surface area (TPSA) is 179 Å². The van der Waals surface area contributed by atoms with E-state index < -0.39 is 80.2 Å². The molecule has 7 N–H and O–H groups in total. The maximum atomic E-state index is 10.4. The van der Waals surface area contributed by atoms with Crippen LogP contribution in [0.5, 0.6) is 0 Å². The second-order valence-electron chi connectivity index (χ2n) is 7.73. The Kier molecular flexibility index (Phi) is 7.55. The lowest BCUT2D eigenvalue weighted by Crippen LogP contribution is -2.65. The molecule has 2 heterocycles. The van der Waals surface area contributed by atoms with Crippen molar-refractivity contribution < 1.29 is 54.7 Å². The number of aliphatic hydroxyl groups is 7. The molecule has 11 heteroatoms. The molecule has 4 unspecified atom stereocenters. The summed E-state index contributed by atoms with van der Waals surface area (Å²) in [5.41, 5.74) is -0.698. The van der Waals surface area contributed by atoms with Crippen LogP contribution in [0.1, 0.15) is 20.8 Å². The zero-order valence-electron chi connectivity index (χ0n) is 15.5. The van der Waals surface area contributed by atoms with Gasteiger partial charge in [0.2, 0.25) is 0 Å². The van der Waals surface area contributed by atoms with Crippen LogP contribution in [0.3, 0.4) is 0 Å². The van der Waals surface area contributed by atoms with Crippen LogP contribution in [-0.4, -0.2) is 116 Å². The summed E-state index contributed by atoms with van der Waals surface area (Å²) in [4.78, 5) is 0. The molecule has 2 rings (SSSR count). The number of hydrogen-bond donors (Lipinski definition) is 7. The van der Waals surface area contributed by atoms with Gasteiger partial charge in [-0.25, -0.2) is 0 Å². The highest BCUT2D eigenvalue weighted by Gasteiger charge is 2.51. The van der Waals surface area contributed by atoms with Gasteiger partial charge in [-0.3, -0.25) is 0 Å². The van der Waals surface area contributed by atoms with Gasteiger partial charge in [0.1, 0.15) is 48.8 Å². The van der Waals surface area contributed by atoms with E-state index in [1.807, 2.05) is 0 Å². The summed E-state index contributed by atoms with van der Waals surface area (Å²) in [5, 5.41) is 69.2. The average Bonchev–Trinajstić information content (AvgIpc) is 2.60. The molecule has 11 nitrogen and oxygen atoms in total. The van der Waals surface area contributed by atoms with Gasteiger partial charge in [0.25, 0.3) is 0 Å². The Morgan fingerprint density at radius 3 is 1.74 bits per heavy atom. The first-order chi connectivity index (χ1) is 12.5. The zero-order valence-corrected chi connectivity index (χ0v) is 15.5. The summed E-state index contributed by atoms with van der Waals surface area (Å²) in [6.45, 7) is 3.91. The van der Waals surface area contributed by atoms with E-state index in [4.69, 9.17) is 18.9 Å². The third kappa shape index (κ3) is 5.14. The minimum absolute atomic E-state index is 0.601. The molecule has 0 aliphatic carbocycles. The highest BCUT2D eigenvalue weighted by Crippen LogP contribution is 2.30. The van der Waals surface area contributed by atoms with Gasteiger partial charge in [0.15, 0.2) is 12.6 Å². The molecule has 10 atom stereocenters. The Hall–Kier alpha value is -0.440. The predicted molar refractivity (Wildman–Crippen MR) is 87.2 cm³/mol. The normalized spacial score (nSPS) is 46.4. The second-order valence-corrected chi connectivity index (χ2v) is 7.73. The van der Waals surface area contributed by atoms with Crippen molar-refractivity contribution in [1.82, 2.24) is 0 Å². The molecule has 0 bridgehead atoms. The number of rotatable bonds is 5. The smallest absolute Gasteiger partial charge is 0.187 e. The molecule has 0 aromatic heterocycles. The lowest BCUT2D eigenvalue weighted by atomic mass is 9.97. The summed E-state index contributed by atoms with van der Waals surface area (Å²) in [6.07, 6.45) is -14.5. The van der Waals surface area contributed by atoms with Crippen molar-refractivity contribution in [2.75, 3.05) is 13.2 Å². The number of hydrogen-bond acceptors (Lipinski definition) is 11. The molecule has 2 aliphatic rings. The van der Waals surface area contributed by atoms with E-state index >= 15 is 0 Å².